The minimum absolute atomic E-state index is 0. The topological polar surface area (TPSA) is 0 Å². The Morgan fingerprint density at radius 3 is 0.600 bits per heavy atom. The van der Waals surface area contributed by atoms with Gasteiger partial charge in [0.15, 0.2) is 0 Å². The van der Waals surface area contributed by atoms with Crippen LogP contribution in [0.15, 0.2) is 0 Å². The molecule has 0 atom stereocenters. The van der Waals surface area contributed by atoms with E-state index in [0.717, 1.165) is 0 Å². The Bertz CT molecular complexity index is 4.85. The van der Waals surface area contributed by atoms with E-state index in [4.69, 9.17) is 0 Å². The van der Waals surface area contributed by atoms with Crippen molar-refractivity contribution in [2.24, 2.45) is 0 Å². The maximum Gasteiger partial charge on any atom is 2.00 e. The van der Waals surface area contributed by atoms with Crippen LogP contribution in [0.1, 0.15) is 0 Å². The Balaban J connectivity index is 0. The first-order valence-electron chi connectivity index (χ1n) is 0. The summed E-state index contributed by atoms with van der Waals surface area (Å²) in [6, 6.07) is 0. The number of rotatable bonds is 0. The molecule has 0 rings (SSSR count). The van der Waals surface area contributed by atoms with Gasteiger partial charge in [-0.2, -0.15) is 0 Å². The smallest absolute Gasteiger partial charge is 1.00 e. The van der Waals surface area contributed by atoms with Crippen LogP contribution in [0, 0.1) is 0 Å². The third-order valence-corrected chi connectivity index (χ3v) is 0. The monoisotopic (exact) mass is 509 g/mol. The van der Waals surface area contributed by atoms with Crippen LogP contribution < -0.4 is 37.2 Å². The molecule has 0 bridgehead atoms. The first-order chi connectivity index (χ1) is 0. The van der Waals surface area contributed by atoms with Gasteiger partial charge in [0.05, 0.1) is 0 Å². The van der Waals surface area contributed by atoms with Crippen LogP contribution in [0.4, 0.5) is 0 Å². The van der Waals surface area contributed by atoms with E-state index in [2.05, 4.69) is 0 Å². The van der Waals surface area contributed by atoms with Crippen LogP contribution in [0.3, 0.4) is 0 Å². The molecule has 0 aliphatic rings. The Morgan fingerprint density at radius 1 is 0.600 bits per heavy atom. The predicted octanol–water partition coefficient (Wildman–Crippen LogP) is -8.99. The standard InChI is InChI=1S/3ClH.2Hg/h3*1H;;/q;;;+1;+2/p-3. The summed E-state index contributed by atoms with van der Waals surface area (Å²) in [5.74, 6) is 0. The van der Waals surface area contributed by atoms with Gasteiger partial charge in [0, 0.05) is 0 Å². The molecule has 0 amide bonds. The van der Waals surface area contributed by atoms with Crippen LogP contribution in [0.25, 0.3) is 0 Å². The molecule has 0 N–H and O–H groups in total. The second kappa shape index (κ2) is 29.6. The fourth-order valence-corrected chi connectivity index (χ4v) is 0. The predicted molar refractivity (Wildman–Crippen MR) is 0 cm³/mol. The third-order valence-electron chi connectivity index (χ3n) is 0. The fraction of sp³-hybridized carbons (Fsp3) is 0. The van der Waals surface area contributed by atoms with Crippen molar-refractivity contribution in [3.05, 3.63) is 0 Å². The van der Waals surface area contributed by atoms with Crippen molar-refractivity contribution in [2.75, 3.05) is 0 Å². The van der Waals surface area contributed by atoms with E-state index in [0.29, 0.717) is 0 Å². The van der Waals surface area contributed by atoms with Gasteiger partial charge >= 0.3 is 55.3 Å². The molecule has 0 spiro atoms. The molecule has 0 heterocycles. The minimum Gasteiger partial charge on any atom is -1.00 e. The van der Waals surface area contributed by atoms with E-state index < -0.39 is 0 Å². The summed E-state index contributed by atoms with van der Waals surface area (Å²) in [6.45, 7) is 0. The summed E-state index contributed by atoms with van der Waals surface area (Å²) in [5, 5.41) is 0. The average molecular weight is 508 g/mol. The van der Waals surface area contributed by atoms with Crippen LogP contribution in [0.5, 0.6) is 0 Å². The molecule has 0 unspecified atom stereocenters. The van der Waals surface area contributed by atoms with E-state index in [1.165, 1.54) is 0 Å². The zero-order chi connectivity index (χ0) is 0. The first kappa shape index (κ1) is 46.8. The van der Waals surface area contributed by atoms with Gasteiger partial charge in [-0.1, -0.05) is 0 Å². The second-order valence-corrected chi connectivity index (χ2v) is 0. The Hall–Kier alpha value is 2.74. The van der Waals surface area contributed by atoms with E-state index in [-0.39, 0.29) is 92.6 Å². The van der Waals surface area contributed by atoms with Crippen molar-refractivity contribution in [1.29, 1.82) is 0 Å². The summed E-state index contributed by atoms with van der Waals surface area (Å²) in [4.78, 5) is 0. The van der Waals surface area contributed by atoms with Gasteiger partial charge in [-0.25, -0.2) is 0 Å². The van der Waals surface area contributed by atoms with Crippen molar-refractivity contribution in [1.82, 2.24) is 0 Å². The molecular formula is Cl3Hg2. The van der Waals surface area contributed by atoms with Gasteiger partial charge in [0.2, 0.25) is 0 Å². The zero-order valence-electron chi connectivity index (χ0n) is 2.55. The molecule has 1 radical (unpaired) electrons. The molecular weight excluding hydrogens is 508 g/mol. The van der Waals surface area contributed by atoms with Gasteiger partial charge in [-0.05, 0) is 0 Å². The summed E-state index contributed by atoms with van der Waals surface area (Å²) >= 11 is 0. The SMILES string of the molecule is [Cl-].[Cl-].[Cl-].[Hg+2].[Hg+]. The molecule has 5 heteroatoms. The molecule has 5 heavy (non-hydrogen) atoms. The van der Waals surface area contributed by atoms with Crippen LogP contribution in [-0.4, -0.2) is 0 Å². The fourth-order valence-electron chi connectivity index (χ4n) is 0. The van der Waals surface area contributed by atoms with Gasteiger partial charge in [0.25, 0.3) is 0 Å². The molecule has 0 aromatic heterocycles. The van der Waals surface area contributed by atoms with E-state index in [1.807, 2.05) is 0 Å². The van der Waals surface area contributed by atoms with Crippen LogP contribution in [-0.2, 0) is 55.3 Å². The Morgan fingerprint density at radius 2 is 0.600 bits per heavy atom. The largest absolute Gasteiger partial charge is 2.00 e. The average Bonchev–Trinajstić information content (AvgIpc) is 0. The quantitative estimate of drug-likeness (QED) is 0.286. The molecule has 0 saturated heterocycles. The maximum atomic E-state index is 0. The van der Waals surface area contributed by atoms with Gasteiger partial charge in [-0.15, -0.1) is 0 Å². The molecule has 0 fully saturated rings. The molecule has 0 aromatic carbocycles. The molecule has 0 aliphatic carbocycles. The van der Waals surface area contributed by atoms with Crippen molar-refractivity contribution in [3.63, 3.8) is 0 Å². The number of hydrogen-bond acceptors (Lipinski definition) is 0. The zero-order valence-corrected chi connectivity index (χ0v) is 15.8. The molecule has 0 saturated carbocycles. The normalized spacial score (nSPS) is 0. The third kappa shape index (κ3) is 20.2. The second-order valence-electron chi connectivity index (χ2n) is 0. The number of hydrogen-bond donors (Lipinski definition) is 0. The summed E-state index contributed by atoms with van der Waals surface area (Å²) in [6.07, 6.45) is 0. The van der Waals surface area contributed by atoms with E-state index in [1.54, 1.807) is 0 Å². The van der Waals surface area contributed by atoms with Gasteiger partial charge < -0.3 is 37.2 Å². The molecule has 0 nitrogen and oxygen atoms in total. The Kier molecular flexibility index (Phi) is 277. The van der Waals surface area contributed by atoms with Crippen molar-refractivity contribution >= 4 is 0 Å². The first-order valence-corrected chi connectivity index (χ1v) is 0. The Labute approximate surface area is 91.1 Å². The summed E-state index contributed by atoms with van der Waals surface area (Å²) < 4.78 is 0. The summed E-state index contributed by atoms with van der Waals surface area (Å²) in [5.41, 5.74) is 0. The van der Waals surface area contributed by atoms with Crippen molar-refractivity contribution in [2.45, 2.75) is 0 Å². The molecule has 0 aromatic rings. The van der Waals surface area contributed by atoms with Gasteiger partial charge in [0.1, 0.15) is 0 Å². The summed E-state index contributed by atoms with van der Waals surface area (Å²) in [7, 11) is 0. The van der Waals surface area contributed by atoms with Crippen LogP contribution >= 0.6 is 0 Å². The molecule has 0 aliphatic heterocycles. The van der Waals surface area contributed by atoms with Crippen molar-refractivity contribution in [3.8, 4) is 0 Å². The van der Waals surface area contributed by atoms with Gasteiger partial charge in [-0.3, -0.25) is 0 Å². The number of halogens is 3. The minimum atomic E-state index is 0. The maximum absolute atomic E-state index is 0. The van der Waals surface area contributed by atoms with Crippen LogP contribution in [0.2, 0.25) is 0 Å². The van der Waals surface area contributed by atoms with E-state index >= 15 is 0 Å². The molecule has 25 valence electrons. The van der Waals surface area contributed by atoms with E-state index in [9.17, 15) is 0 Å². The van der Waals surface area contributed by atoms with Crippen molar-refractivity contribution < 1.29 is 92.6 Å².